The first-order valence-corrected chi connectivity index (χ1v) is 6.96. The van der Waals surface area contributed by atoms with Crippen molar-refractivity contribution in [3.05, 3.63) is 0 Å². The van der Waals surface area contributed by atoms with E-state index in [2.05, 4.69) is 38.0 Å². The van der Waals surface area contributed by atoms with Crippen LogP contribution in [0.3, 0.4) is 0 Å². The molecule has 1 saturated carbocycles. The summed E-state index contributed by atoms with van der Waals surface area (Å²) in [6.07, 6.45) is 7.02. The van der Waals surface area contributed by atoms with Crippen molar-refractivity contribution < 1.29 is 0 Å². The lowest BCUT2D eigenvalue weighted by Gasteiger charge is -2.39. The zero-order valence-corrected chi connectivity index (χ0v) is 11.4. The highest BCUT2D eigenvalue weighted by Gasteiger charge is 2.36. The van der Waals surface area contributed by atoms with Gasteiger partial charge in [-0.15, -0.1) is 0 Å². The number of nitrogens with zero attached hydrogens (tertiary/aromatic N) is 1. The lowest BCUT2D eigenvalue weighted by Crippen LogP contribution is -2.45. The first-order valence-electron chi connectivity index (χ1n) is 6.96. The van der Waals surface area contributed by atoms with Gasteiger partial charge in [0.05, 0.1) is 0 Å². The van der Waals surface area contributed by atoms with E-state index in [4.69, 9.17) is 0 Å². The SMILES string of the molecule is CC1CCCCC1N(C)C1CNC(C)(C)C1. The van der Waals surface area contributed by atoms with Gasteiger partial charge in [-0.25, -0.2) is 0 Å². The highest BCUT2D eigenvalue weighted by molar-refractivity contribution is 4.96. The summed E-state index contributed by atoms with van der Waals surface area (Å²) in [5.74, 6) is 0.891. The van der Waals surface area contributed by atoms with Gasteiger partial charge in [-0.2, -0.15) is 0 Å². The first-order chi connectivity index (χ1) is 7.49. The number of likely N-dealkylation sites (N-methyl/N-ethyl adjacent to an activating group) is 1. The van der Waals surface area contributed by atoms with E-state index in [9.17, 15) is 0 Å². The Bertz CT molecular complexity index is 237. The van der Waals surface area contributed by atoms with Gasteiger partial charge in [-0.1, -0.05) is 19.8 Å². The molecule has 3 atom stereocenters. The molecule has 0 radical (unpaired) electrons. The second-order valence-electron chi connectivity index (χ2n) is 6.62. The lowest BCUT2D eigenvalue weighted by atomic mass is 9.84. The van der Waals surface area contributed by atoms with Crippen LogP contribution in [0.5, 0.6) is 0 Å². The van der Waals surface area contributed by atoms with Crippen molar-refractivity contribution in [1.29, 1.82) is 0 Å². The quantitative estimate of drug-likeness (QED) is 0.776. The summed E-state index contributed by atoms with van der Waals surface area (Å²) in [4.78, 5) is 2.67. The molecule has 1 aliphatic heterocycles. The van der Waals surface area contributed by atoms with Crippen LogP contribution < -0.4 is 5.32 Å². The van der Waals surface area contributed by atoms with Crippen LogP contribution in [-0.2, 0) is 0 Å². The molecule has 0 amide bonds. The van der Waals surface area contributed by atoms with Crippen LogP contribution in [0.25, 0.3) is 0 Å². The minimum Gasteiger partial charge on any atom is -0.310 e. The van der Waals surface area contributed by atoms with Gasteiger partial charge in [-0.05, 0) is 46.1 Å². The second kappa shape index (κ2) is 4.66. The van der Waals surface area contributed by atoms with Gasteiger partial charge >= 0.3 is 0 Å². The zero-order chi connectivity index (χ0) is 11.8. The molecule has 2 heteroatoms. The van der Waals surface area contributed by atoms with Crippen LogP contribution in [0.2, 0.25) is 0 Å². The highest BCUT2D eigenvalue weighted by Crippen LogP contribution is 2.31. The Morgan fingerprint density at radius 3 is 2.44 bits per heavy atom. The van der Waals surface area contributed by atoms with E-state index in [1.807, 2.05) is 0 Å². The van der Waals surface area contributed by atoms with E-state index >= 15 is 0 Å². The predicted molar refractivity (Wildman–Crippen MR) is 69.7 cm³/mol. The number of hydrogen-bond donors (Lipinski definition) is 1. The molecule has 1 heterocycles. The maximum Gasteiger partial charge on any atom is 0.0238 e. The second-order valence-corrected chi connectivity index (χ2v) is 6.62. The van der Waals surface area contributed by atoms with Gasteiger partial charge < -0.3 is 5.32 Å². The standard InChI is InChI=1S/C14H28N2/c1-11-7-5-6-8-13(11)16(4)12-9-14(2,3)15-10-12/h11-13,15H,5-10H2,1-4H3. The molecular formula is C14H28N2. The third-order valence-electron chi connectivity index (χ3n) is 4.73. The molecule has 1 aliphatic carbocycles. The molecule has 2 aliphatic rings. The summed E-state index contributed by atoms with van der Waals surface area (Å²) in [5.41, 5.74) is 0.344. The fourth-order valence-corrected chi connectivity index (χ4v) is 3.59. The molecule has 2 nitrogen and oxygen atoms in total. The summed E-state index contributed by atoms with van der Waals surface area (Å²) in [6.45, 7) is 8.26. The normalized spacial score (nSPS) is 39.2. The van der Waals surface area contributed by atoms with Crippen molar-refractivity contribution in [2.45, 2.75) is 70.5 Å². The molecule has 94 valence electrons. The van der Waals surface area contributed by atoms with Crippen LogP contribution in [0.4, 0.5) is 0 Å². The highest BCUT2D eigenvalue weighted by atomic mass is 15.2. The number of nitrogens with one attached hydrogen (secondary N) is 1. The van der Waals surface area contributed by atoms with Crippen molar-refractivity contribution in [3.63, 3.8) is 0 Å². The molecule has 2 rings (SSSR count). The maximum atomic E-state index is 3.64. The lowest BCUT2D eigenvalue weighted by molar-refractivity contribution is 0.101. The average molecular weight is 224 g/mol. The Labute approximate surface area is 101 Å². The van der Waals surface area contributed by atoms with E-state index in [1.54, 1.807) is 0 Å². The monoisotopic (exact) mass is 224 g/mol. The molecule has 2 fully saturated rings. The summed E-state index contributed by atoms with van der Waals surface area (Å²) >= 11 is 0. The summed E-state index contributed by atoms with van der Waals surface area (Å²) < 4.78 is 0. The average Bonchev–Trinajstić information content (AvgIpc) is 2.59. The van der Waals surface area contributed by atoms with Gasteiger partial charge in [0.2, 0.25) is 0 Å². The van der Waals surface area contributed by atoms with E-state index in [1.165, 1.54) is 38.6 Å². The molecule has 0 spiro atoms. The fraction of sp³-hybridized carbons (Fsp3) is 1.00. The van der Waals surface area contributed by atoms with E-state index in [0.717, 1.165) is 18.0 Å². The molecule has 1 saturated heterocycles. The smallest absolute Gasteiger partial charge is 0.0238 e. The Balaban J connectivity index is 1.94. The summed E-state index contributed by atoms with van der Waals surface area (Å²) in [7, 11) is 2.35. The summed E-state index contributed by atoms with van der Waals surface area (Å²) in [6, 6.07) is 1.58. The summed E-state index contributed by atoms with van der Waals surface area (Å²) in [5, 5.41) is 3.64. The van der Waals surface area contributed by atoms with Crippen molar-refractivity contribution in [1.82, 2.24) is 10.2 Å². The molecule has 0 aromatic heterocycles. The Morgan fingerprint density at radius 1 is 1.19 bits per heavy atom. The maximum absolute atomic E-state index is 3.64. The molecule has 3 unspecified atom stereocenters. The van der Waals surface area contributed by atoms with Gasteiger partial charge in [0.15, 0.2) is 0 Å². The number of rotatable bonds is 2. The van der Waals surface area contributed by atoms with Crippen molar-refractivity contribution >= 4 is 0 Å². The van der Waals surface area contributed by atoms with Crippen LogP contribution in [0, 0.1) is 5.92 Å². The third-order valence-corrected chi connectivity index (χ3v) is 4.73. The van der Waals surface area contributed by atoms with Crippen LogP contribution in [-0.4, -0.2) is 36.1 Å². The Kier molecular flexibility index (Phi) is 3.60. The zero-order valence-electron chi connectivity index (χ0n) is 11.4. The van der Waals surface area contributed by atoms with Crippen LogP contribution in [0.1, 0.15) is 52.9 Å². The van der Waals surface area contributed by atoms with Crippen molar-refractivity contribution in [2.24, 2.45) is 5.92 Å². The van der Waals surface area contributed by atoms with Crippen molar-refractivity contribution in [2.75, 3.05) is 13.6 Å². The van der Waals surface area contributed by atoms with Crippen LogP contribution in [0.15, 0.2) is 0 Å². The van der Waals surface area contributed by atoms with Gasteiger partial charge in [0.25, 0.3) is 0 Å². The minimum absolute atomic E-state index is 0.344. The van der Waals surface area contributed by atoms with E-state index in [0.29, 0.717) is 5.54 Å². The van der Waals surface area contributed by atoms with Crippen LogP contribution >= 0.6 is 0 Å². The predicted octanol–water partition coefficient (Wildman–Crippen LogP) is 2.64. The van der Waals surface area contributed by atoms with Gasteiger partial charge in [0.1, 0.15) is 0 Å². The first kappa shape index (κ1) is 12.4. The van der Waals surface area contributed by atoms with Gasteiger partial charge in [0, 0.05) is 24.2 Å². The Morgan fingerprint density at radius 2 is 1.88 bits per heavy atom. The molecule has 0 bridgehead atoms. The molecule has 16 heavy (non-hydrogen) atoms. The number of hydrogen-bond acceptors (Lipinski definition) is 2. The molecule has 0 aromatic carbocycles. The van der Waals surface area contributed by atoms with Crippen molar-refractivity contribution in [3.8, 4) is 0 Å². The molecule has 1 N–H and O–H groups in total. The largest absolute Gasteiger partial charge is 0.310 e. The third kappa shape index (κ3) is 2.60. The van der Waals surface area contributed by atoms with Gasteiger partial charge in [-0.3, -0.25) is 4.90 Å². The van der Waals surface area contributed by atoms with E-state index < -0.39 is 0 Å². The Hall–Kier alpha value is -0.0800. The topological polar surface area (TPSA) is 15.3 Å². The molecular weight excluding hydrogens is 196 g/mol. The minimum atomic E-state index is 0.344. The molecule has 0 aromatic rings. The fourth-order valence-electron chi connectivity index (χ4n) is 3.59. The van der Waals surface area contributed by atoms with E-state index in [-0.39, 0.29) is 0 Å².